The number of thiol groups is 2. The number of rotatable bonds is 19. The molecule has 4 nitrogen and oxygen atoms in total. The second kappa shape index (κ2) is 22.9. The first-order valence-electron chi connectivity index (χ1n) is 12.2. The normalized spacial score (nSPS) is 12.9. The number of allylic oxidation sites excluding steroid dienone is 12. The van der Waals surface area contributed by atoms with Crippen molar-refractivity contribution in [1.82, 2.24) is 10.6 Å². The molecule has 0 aromatic rings. The molecule has 0 radical (unpaired) electrons. The molecule has 0 rings (SSSR count). The molecule has 34 heavy (non-hydrogen) atoms. The molecule has 0 aromatic heterocycles. The summed E-state index contributed by atoms with van der Waals surface area (Å²) < 4.78 is -0.646. The standard InChI is InChI=1S/C28H44N2O2S2/c1-3-4-5-6-7-8-9-10-11-12-13-14-15-16-17-18-19-20-21-22-27(32)30-25-28(33,34)23-24-29-26(2)31/h4-5,7-8,10-11,13-14,16-17,19-20,33-34H,3,6,9,12,15,18,21-25H2,1-2H3,(H,29,31)(H,30,32)/b5-4-,8-7-,11-10-,14-13-,17-16-,20-19-. The predicted molar refractivity (Wildman–Crippen MR) is 154 cm³/mol. The van der Waals surface area contributed by atoms with Gasteiger partial charge in [0, 0.05) is 26.4 Å². The van der Waals surface area contributed by atoms with Crippen LogP contribution in [0.25, 0.3) is 0 Å². The SMILES string of the molecule is CC/C=C\C/C=C\C/C=C\C/C=C\C/C=C\C/C=C\CCC(=O)NCC(S)(S)CCNC(C)=O. The molecule has 0 bridgehead atoms. The quantitative estimate of drug-likeness (QED) is 0.0903. The molecule has 0 spiro atoms. The maximum Gasteiger partial charge on any atom is 0.220 e. The Morgan fingerprint density at radius 1 is 0.706 bits per heavy atom. The van der Waals surface area contributed by atoms with Crippen LogP contribution in [0, 0.1) is 0 Å². The first-order valence-corrected chi connectivity index (χ1v) is 13.1. The molecule has 0 aliphatic rings. The first-order chi connectivity index (χ1) is 16.4. The highest BCUT2D eigenvalue weighted by molar-refractivity contribution is 8.00. The van der Waals surface area contributed by atoms with Gasteiger partial charge >= 0.3 is 0 Å². The third kappa shape index (κ3) is 24.7. The maximum absolute atomic E-state index is 11.9. The average Bonchev–Trinajstić information content (AvgIpc) is 2.79. The highest BCUT2D eigenvalue weighted by atomic mass is 32.2. The molecule has 0 unspecified atom stereocenters. The topological polar surface area (TPSA) is 58.2 Å². The van der Waals surface area contributed by atoms with Gasteiger partial charge in [0.2, 0.25) is 11.8 Å². The third-order valence-corrected chi connectivity index (χ3v) is 5.37. The highest BCUT2D eigenvalue weighted by Gasteiger charge is 2.20. The van der Waals surface area contributed by atoms with E-state index in [0.717, 1.165) is 38.5 Å². The minimum absolute atomic E-state index is 0.0217. The molecule has 0 aliphatic carbocycles. The Labute approximate surface area is 218 Å². The van der Waals surface area contributed by atoms with Crippen molar-refractivity contribution in [2.45, 2.75) is 75.7 Å². The van der Waals surface area contributed by atoms with E-state index in [2.05, 4.69) is 110 Å². The van der Waals surface area contributed by atoms with Gasteiger partial charge in [-0.2, -0.15) is 25.3 Å². The van der Waals surface area contributed by atoms with Gasteiger partial charge in [0.1, 0.15) is 0 Å². The Balaban J connectivity index is 3.73. The Morgan fingerprint density at radius 3 is 1.59 bits per heavy atom. The number of hydrogen-bond acceptors (Lipinski definition) is 4. The van der Waals surface area contributed by atoms with Crippen LogP contribution in [0.5, 0.6) is 0 Å². The van der Waals surface area contributed by atoms with Crippen molar-refractivity contribution in [2.24, 2.45) is 0 Å². The number of carbonyl (C=O) groups excluding carboxylic acids is 2. The predicted octanol–water partition coefficient (Wildman–Crippen LogP) is 6.66. The van der Waals surface area contributed by atoms with Crippen LogP contribution in [0.3, 0.4) is 0 Å². The van der Waals surface area contributed by atoms with E-state index in [9.17, 15) is 9.59 Å². The number of nitrogens with one attached hydrogen (secondary N) is 2. The zero-order valence-corrected chi connectivity index (χ0v) is 22.7. The van der Waals surface area contributed by atoms with E-state index in [1.165, 1.54) is 6.92 Å². The van der Waals surface area contributed by atoms with Gasteiger partial charge in [-0.3, -0.25) is 9.59 Å². The molecule has 2 amide bonds. The first kappa shape index (κ1) is 32.1. The van der Waals surface area contributed by atoms with Gasteiger partial charge in [-0.05, 0) is 51.4 Å². The van der Waals surface area contributed by atoms with Gasteiger partial charge in [-0.25, -0.2) is 0 Å². The monoisotopic (exact) mass is 504 g/mol. The second-order valence-electron chi connectivity index (χ2n) is 7.95. The lowest BCUT2D eigenvalue weighted by Crippen LogP contribution is -2.37. The van der Waals surface area contributed by atoms with Gasteiger partial charge in [-0.15, -0.1) is 0 Å². The van der Waals surface area contributed by atoms with Crippen molar-refractivity contribution >= 4 is 37.1 Å². The van der Waals surface area contributed by atoms with Gasteiger partial charge in [-0.1, -0.05) is 79.8 Å². The van der Waals surface area contributed by atoms with E-state index >= 15 is 0 Å². The lowest BCUT2D eigenvalue weighted by Gasteiger charge is -2.23. The molecule has 190 valence electrons. The summed E-state index contributed by atoms with van der Waals surface area (Å²) in [4.78, 5) is 22.8. The summed E-state index contributed by atoms with van der Waals surface area (Å²) in [6.45, 7) is 4.45. The molecule has 0 saturated heterocycles. The minimum Gasteiger partial charge on any atom is -0.356 e. The van der Waals surface area contributed by atoms with Gasteiger partial charge in [0.15, 0.2) is 0 Å². The molecule has 0 fully saturated rings. The van der Waals surface area contributed by atoms with E-state index in [4.69, 9.17) is 0 Å². The summed E-state index contributed by atoms with van der Waals surface area (Å²) in [6, 6.07) is 0. The van der Waals surface area contributed by atoms with Gasteiger partial charge in [0.05, 0.1) is 4.08 Å². The van der Waals surface area contributed by atoms with Crippen LogP contribution in [0.4, 0.5) is 0 Å². The smallest absolute Gasteiger partial charge is 0.220 e. The van der Waals surface area contributed by atoms with Gasteiger partial charge < -0.3 is 10.6 Å². The average molecular weight is 505 g/mol. The fourth-order valence-corrected chi connectivity index (χ4v) is 3.09. The Hall–Kier alpha value is -1.92. The van der Waals surface area contributed by atoms with E-state index < -0.39 is 4.08 Å². The van der Waals surface area contributed by atoms with Crippen LogP contribution in [0.2, 0.25) is 0 Å². The molecule has 0 aliphatic heterocycles. The highest BCUT2D eigenvalue weighted by Crippen LogP contribution is 2.22. The summed E-state index contributed by atoms with van der Waals surface area (Å²) >= 11 is 8.88. The fourth-order valence-electron chi connectivity index (χ4n) is 2.71. The summed E-state index contributed by atoms with van der Waals surface area (Å²) in [5.41, 5.74) is 0. The summed E-state index contributed by atoms with van der Waals surface area (Å²) in [6.07, 6.45) is 33.6. The van der Waals surface area contributed by atoms with E-state index in [1.54, 1.807) is 0 Å². The molecule has 2 N–H and O–H groups in total. The molecule has 0 atom stereocenters. The molecule has 6 heteroatoms. The largest absolute Gasteiger partial charge is 0.356 e. The van der Waals surface area contributed by atoms with E-state index in [1.807, 2.05) is 6.08 Å². The van der Waals surface area contributed by atoms with Crippen molar-refractivity contribution in [2.75, 3.05) is 13.1 Å². The lowest BCUT2D eigenvalue weighted by molar-refractivity contribution is -0.121. The third-order valence-electron chi connectivity index (χ3n) is 4.60. The Bertz CT molecular complexity index is 720. The lowest BCUT2D eigenvalue weighted by atomic mass is 10.2. The zero-order chi connectivity index (χ0) is 25.3. The van der Waals surface area contributed by atoms with Crippen molar-refractivity contribution in [3.05, 3.63) is 72.9 Å². The van der Waals surface area contributed by atoms with Crippen molar-refractivity contribution < 1.29 is 9.59 Å². The van der Waals surface area contributed by atoms with Crippen LogP contribution in [0.15, 0.2) is 72.9 Å². The van der Waals surface area contributed by atoms with Crippen molar-refractivity contribution in [3.8, 4) is 0 Å². The molecule has 0 heterocycles. The minimum atomic E-state index is -0.646. The Kier molecular flexibility index (Phi) is 21.6. The molecule has 0 saturated carbocycles. The summed E-state index contributed by atoms with van der Waals surface area (Å²) in [5, 5.41) is 5.55. The van der Waals surface area contributed by atoms with Crippen LogP contribution in [-0.4, -0.2) is 29.0 Å². The summed E-state index contributed by atoms with van der Waals surface area (Å²) in [5.74, 6) is -0.107. The van der Waals surface area contributed by atoms with Crippen LogP contribution in [-0.2, 0) is 9.59 Å². The van der Waals surface area contributed by atoms with Crippen molar-refractivity contribution in [1.29, 1.82) is 0 Å². The summed E-state index contributed by atoms with van der Waals surface area (Å²) in [7, 11) is 0. The van der Waals surface area contributed by atoms with Crippen LogP contribution < -0.4 is 10.6 Å². The molecule has 0 aromatic carbocycles. The Morgan fingerprint density at radius 2 is 1.15 bits per heavy atom. The number of amides is 2. The van der Waals surface area contributed by atoms with Crippen molar-refractivity contribution in [3.63, 3.8) is 0 Å². The van der Waals surface area contributed by atoms with Gasteiger partial charge in [0.25, 0.3) is 0 Å². The maximum atomic E-state index is 11.9. The number of hydrogen-bond donors (Lipinski definition) is 4. The zero-order valence-electron chi connectivity index (χ0n) is 20.9. The molecular weight excluding hydrogens is 460 g/mol. The fraction of sp³-hybridized carbons (Fsp3) is 0.500. The second-order valence-corrected chi connectivity index (χ2v) is 10.0. The van der Waals surface area contributed by atoms with E-state index in [-0.39, 0.29) is 11.8 Å². The van der Waals surface area contributed by atoms with Crippen LogP contribution >= 0.6 is 25.3 Å². The van der Waals surface area contributed by atoms with E-state index in [0.29, 0.717) is 32.4 Å². The molecular formula is C28H44N2O2S2. The van der Waals surface area contributed by atoms with Crippen LogP contribution in [0.1, 0.15) is 71.6 Å². The number of carbonyl (C=O) groups is 2.